The molecule has 0 spiro atoms. The standard InChI is InChI=1S/C9H17NO2/c1-2-8(3-1)11-4-5-12-9-6-10-7-9/h8-10H,1-7H2. The number of ether oxygens (including phenoxy) is 2. The van der Waals surface area contributed by atoms with E-state index in [0.29, 0.717) is 12.2 Å². The van der Waals surface area contributed by atoms with Gasteiger partial charge in [-0.2, -0.15) is 0 Å². The number of rotatable bonds is 5. The molecule has 3 heteroatoms. The second-order valence-electron chi connectivity index (χ2n) is 3.57. The highest BCUT2D eigenvalue weighted by Gasteiger charge is 2.19. The van der Waals surface area contributed by atoms with E-state index in [4.69, 9.17) is 9.47 Å². The summed E-state index contributed by atoms with van der Waals surface area (Å²) in [4.78, 5) is 0. The van der Waals surface area contributed by atoms with E-state index in [9.17, 15) is 0 Å². The summed E-state index contributed by atoms with van der Waals surface area (Å²) in [7, 11) is 0. The van der Waals surface area contributed by atoms with Crippen molar-refractivity contribution in [1.29, 1.82) is 0 Å². The van der Waals surface area contributed by atoms with Crippen LogP contribution in [0.25, 0.3) is 0 Å². The van der Waals surface area contributed by atoms with Crippen LogP contribution in [-0.2, 0) is 9.47 Å². The smallest absolute Gasteiger partial charge is 0.0824 e. The molecule has 0 radical (unpaired) electrons. The summed E-state index contributed by atoms with van der Waals surface area (Å²) in [6, 6.07) is 0. The van der Waals surface area contributed by atoms with Gasteiger partial charge in [-0.3, -0.25) is 0 Å². The van der Waals surface area contributed by atoms with Crippen LogP contribution in [0.2, 0.25) is 0 Å². The Morgan fingerprint density at radius 1 is 1.00 bits per heavy atom. The van der Waals surface area contributed by atoms with Gasteiger partial charge < -0.3 is 14.8 Å². The third-order valence-electron chi connectivity index (χ3n) is 2.59. The van der Waals surface area contributed by atoms with Crippen LogP contribution >= 0.6 is 0 Å². The van der Waals surface area contributed by atoms with Gasteiger partial charge in [0.05, 0.1) is 25.4 Å². The van der Waals surface area contributed by atoms with Crippen LogP contribution in [0.4, 0.5) is 0 Å². The zero-order valence-electron chi connectivity index (χ0n) is 7.42. The van der Waals surface area contributed by atoms with Crippen LogP contribution in [-0.4, -0.2) is 38.5 Å². The summed E-state index contributed by atoms with van der Waals surface area (Å²) in [5, 5.41) is 3.17. The van der Waals surface area contributed by atoms with Gasteiger partial charge in [0.2, 0.25) is 0 Å². The molecule has 12 heavy (non-hydrogen) atoms. The van der Waals surface area contributed by atoms with E-state index in [-0.39, 0.29) is 0 Å². The second kappa shape index (κ2) is 4.21. The maximum absolute atomic E-state index is 5.55. The Bertz CT molecular complexity index is 116. The van der Waals surface area contributed by atoms with E-state index >= 15 is 0 Å². The Hall–Kier alpha value is -0.120. The monoisotopic (exact) mass is 171 g/mol. The van der Waals surface area contributed by atoms with Crippen LogP contribution in [0.5, 0.6) is 0 Å². The largest absolute Gasteiger partial charge is 0.376 e. The van der Waals surface area contributed by atoms with Gasteiger partial charge in [-0.1, -0.05) is 0 Å². The van der Waals surface area contributed by atoms with Crippen molar-refractivity contribution >= 4 is 0 Å². The van der Waals surface area contributed by atoms with Crippen molar-refractivity contribution in [3.63, 3.8) is 0 Å². The quantitative estimate of drug-likeness (QED) is 0.613. The average Bonchev–Trinajstić information content (AvgIpc) is 1.88. The Balaban J connectivity index is 1.40. The molecular formula is C9H17NO2. The first-order valence-corrected chi connectivity index (χ1v) is 4.89. The van der Waals surface area contributed by atoms with E-state index < -0.39 is 0 Å². The van der Waals surface area contributed by atoms with Crippen molar-refractivity contribution in [3.8, 4) is 0 Å². The molecular weight excluding hydrogens is 154 g/mol. The topological polar surface area (TPSA) is 30.5 Å². The fraction of sp³-hybridized carbons (Fsp3) is 1.00. The van der Waals surface area contributed by atoms with Crippen LogP contribution in [0.1, 0.15) is 19.3 Å². The SMILES string of the molecule is C1CC(OCCOC2CNC2)C1. The van der Waals surface area contributed by atoms with Crippen molar-refractivity contribution in [2.45, 2.75) is 31.5 Å². The minimum atomic E-state index is 0.454. The molecule has 2 fully saturated rings. The molecule has 0 amide bonds. The van der Waals surface area contributed by atoms with E-state index in [2.05, 4.69) is 5.32 Å². The van der Waals surface area contributed by atoms with Gasteiger partial charge in [-0.15, -0.1) is 0 Å². The fourth-order valence-electron chi connectivity index (χ4n) is 1.35. The lowest BCUT2D eigenvalue weighted by molar-refractivity contribution is -0.0554. The van der Waals surface area contributed by atoms with Crippen LogP contribution < -0.4 is 5.32 Å². The molecule has 0 unspecified atom stereocenters. The summed E-state index contributed by atoms with van der Waals surface area (Å²) in [6.45, 7) is 3.58. The molecule has 0 bridgehead atoms. The van der Waals surface area contributed by atoms with Crippen LogP contribution in [0, 0.1) is 0 Å². The molecule has 1 N–H and O–H groups in total. The lowest BCUT2D eigenvalue weighted by Crippen LogP contribution is -2.48. The molecule has 3 nitrogen and oxygen atoms in total. The number of hydrogen-bond acceptors (Lipinski definition) is 3. The molecule has 1 aliphatic carbocycles. The Morgan fingerprint density at radius 3 is 2.08 bits per heavy atom. The zero-order valence-corrected chi connectivity index (χ0v) is 7.42. The van der Waals surface area contributed by atoms with Gasteiger partial charge in [0.15, 0.2) is 0 Å². The summed E-state index contributed by atoms with van der Waals surface area (Å²) in [6.07, 6.45) is 4.86. The Labute approximate surface area is 73.4 Å². The van der Waals surface area contributed by atoms with Gasteiger partial charge >= 0.3 is 0 Å². The lowest BCUT2D eigenvalue weighted by Gasteiger charge is -2.29. The number of hydrogen-bond donors (Lipinski definition) is 1. The summed E-state index contributed by atoms with van der Waals surface area (Å²) < 4.78 is 11.1. The third kappa shape index (κ3) is 2.19. The first-order valence-electron chi connectivity index (χ1n) is 4.89. The highest BCUT2D eigenvalue weighted by molar-refractivity contribution is 4.74. The molecule has 2 aliphatic rings. The van der Waals surface area contributed by atoms with Crippen molar-refractivity contribution in [1.82, 2.24) is 5.32 Å². The van der Waals surface area contributed by atoms with Crippen LogP contribution in [0.3, 0.4) is 0 Å². The highest BCUT2D eigenvalue weighted by Crippen LogP contribution is 2.21. The summed E-state index contributed by atoms with van der Waals surface area (Å²) in [5.74, 6) is 0. The minimum Gasteiger partial charge on any atom is -0.376 e. The Morgan fingerprint density at radius 2 is 1.67 bits per heavy atom. The Kier molecular flexibility index (Phi) is 2.98. The maximum Gasteiger partial charge on any atom is 0.0824 e. The van der Waals surface area contributed by atoms with E-state index in [1.165, 1.54) is 19.3 Å². The molecule has 1 aliphatic heterocycles. The van der Waals surface area contributed by atoms with Gasteiger partial charge in [-0.05, 0) is 19.3 Å². The zero-order chi connectivity index (χ0) is 8.23. The molecule has 1 saturated carbocycles. The molecule has 1 heterocycles. The third-order valence-corrected chi connectivity index (χ3v) is 2.59. The molecule has 0 aromatic rings. The highest BCUT2D eigenvalue weighted by atomic mass is 16.5. The summed E-state index contributed by atoms with van der Waals surface area (Å²) >= 11 is 0. The van der Waals surface area contributed by atoms with Crippen molar-refractivity contribution in [3.05, 3.63) is 0 Å². The predicted octanol–water partition coefficient (Wildman–Crippen LogP) is 0.544. The molecule has 1 saturated heterocycles. The molecule has 2 rings (SSSR count). The van der Waals surface area contributed by atoms with E-state index in [0.717, 1.165) is 26.3 Å². The lowest BCUT2D eigenvalue weighted by atomic mass is 9.96. The van der Waals surface area contributed by atoms with Gasteiger partial charge in [0.25, 0.3) is 0 Å². The molecule has 70 valence electrons. The molecule has 0 aromatic carbocycles. The molecule has 0 atom stereocenters. The van der Waals surface area contributed by atoms with E-state index in [1.807, 2.05) is 0 Å². The fourth-order valence-corrected chi connectivity index (χ4v) is 1.35. The average molecular weight is 171 g/mol. The molecule has 0 aromatic heterocycles. The van der Waals surface area contributed by atoms with Gasteiger partial charge in [0.1, 0.15) is 0 Å². The van der Waals surface area contributed by atoms with Crippen molar-refractivity contribution < 1.29 is 9.47 Å². The van der Waals surface area contributed by atoms with E-state index in [1.54, 1.807) is 0 Å². The first-order chi connectivity index (χ1) is 5.95. The van der Waals surface area contributed by atoms with Gasteiger partial charge in [-0.25, -0.2) is 0 Å². The second-order valence-corrected chi connectivity index (χ2v) is 3.57. The predicted molar refractivity (Wildman–Crippen MR) is 46.2 cm³/mol. The first kappa shape index (κ1) is 8.48. The van der Waals surface area contributed by atoms with Gasteiger partial charge in [0, 0.05) is 13.1 Å². The minimum absolute atomic E-state index is 0.454. The number of nitrogens with one attached hydrogen (secondary N) is 1. The van der Waals surface area contributed by atoms with Crippen LogP contribution in [0.15, 0.2) is 0 Å². The normalized spacial score (nSPS) is 25.0. The summed E-state index contributed by atoms with van der Waals surface area (Å²) in [5.41, 5.74) is 0. The van der Waals surface area contributed by atoms with Crippen molar-refractivity contribution in [2.75, 3.05) is 26.3 Å². The maximum atomic E-state index is 5.55. The van der Waals surface area contributed by atoms with Crippen molar-refractivity contribution in [2.24, 2.45) is 0 Å².